The first-order chi connectivity index (χ1) is 15.9. The minimum absolute atomic E-state index is 0.0324. The molecule has 1 saturated heterocycles. The zero-order chi connectivity index (χ0) is 25.3. The average Bonchev–Trinajstić information content (AvgIpc) is 3.21. The molecule has 34 heavy (non-hydrogen) atoms. The van der Waals surface area contributed by atoms with Gasteiger partial charge in [0.2, 0.25) is 5.95 Å². The number of halogens is 3. The maximum atomic E-state index is 12.0. The molecular formula is C21H24BrCl2N3O7. The van der Waals surface area contributed by atoms with E-state index < -0.39 is 42.4 Å². The number of carbonyl (C=O) groups excluding carboxylic acids is 3. The minimum Gasteiger partial charge on any atom is -0.463 e. The molecule has 186 valence electrons. The Labute approximate surface area is 214 Å². The van der Waals surface area contributed by atoms with E-state index in [1.807, 2.05) is 13.8 Å². The third-order valence-corrected chi connectivity index (χ3v) is 6.62. The van der Waals surface area contributed by atoms with Crippen LogP contribution in [0.3, 0.4) is 0 Å². The van der Waals surface area contributed by atoms with Crippen LogP contribution in [-0.2, 0) is 33.3 Å². The second-order valence-electron chi connectivity index (χ2n) is 7.97. The number of imidazole rings is 1. The number of carbonyl (C=O) groups is 3. The number of anilines is 1. The summed E-state index contributed by atoms with van der Waals surface area (Å²) < 4.78 is 24.4. The zero-order valence-corrected chi connectivity index (χ0v) is 22.2. The van der Waals surface area contributed by atoms with E-state index in [1.54, 1.807) is 10.6 Å². The van der Waals surface area contributed by atoms with Gasteiger partial charge in [0.25, 0.3) is 0 Å². The topological polar surface area (TPSA) is 118 Å². The molecule has 0 saturated carbocycles. The summed E-state index contributed by atoms with van der Waals surface area (Å²) in [6.45, 7) is 7.31. The number of fused-ring (bicyclic) bond motifs is 1. The van der Waals surface area contributed by atoms with Crippen LogP contribution in [0.1, 0.15) is 40.8 Å². The van der Waals surface area contributed by atoms with Crippen molar-refractivity contribution in [2.24, 2.45) is 0 Å². The second-order valence-corrected chi connectivity index (χ2v) is 9.55. The van der Waals surface area contributed by atoms with E-state index in [9.17, 15) is 14.4 Å². The van der Waals surface area contributed by atoms with E-state index in [4.69, 9.17) is 42.1 Å². The van der Waals surface area contributed by atoms with E-state index in [0.29, 0.717) is 21.5 Å². The quantitative estimate of drug-likeness (QED) is 0.291. The Morgan fingerprint density at radius 3 is 2.32 bits per heavy atom. The summed E-state index contributed by atoms with van der Waals surface area (Å²) in [6, 6.07) is 1.58. The van der Waals surface area contributed by atoms with Crippen LogP contribution < -0.4 is 5.32 Å². The van der Waals surface area contributed by atoms with Crippen LogP contribution >= 0.6 is 39.1 Å². The van der Waals surface area contributed by atoms with Gasteiger partial charge < -0.3 is 24.3 Å². The molecule has 1 aromatic carbocycles. The van der Waals surface area contributed by atoms with Crippen LogP contribution in [0, 0.1) is 0 Å². The Kier molecular flexibility index (Phi) is 8.33. The number of hydrogen-bond donors (Lipinski definition) is 1. The fourth-order valence-corrected chi connectivity index (χ4v) is 4.62. The Morgan fingerprint density at radius 2 is 1.76 bits per heavy atom. The lowest BCUT2D eigenvalue weighted by molar-refractivity contribution is -0.166. The van der Waals surface area contributed by atoms with Gasteiger partial charge in [0, 0.05) is 26.8 Å². The maximum Gasteiger partial charge on any atom is 0.303 e. The van der Waals surface area contributed by atoms with Gasteiger partial charge in [-0.15, -0.1) is 0 Å². The molecule has 13 heteroatoms. The highest BCUT2D eigenvalue weighted by Gasteiger charge is 2.51. The van der Waals surface area contributed by atoms with Crippen molar-refractivity contribution in [3.63, 3.8) is 0 Å². The summed E-state index contributed by atoms with van der Waals surface area (Å²) in [4.78, 5) is 39.9. The van der Waals surface area contributed by atoms with Crippen LogP contribution in [0.25, 0.3) is 11.0 Å². The summed E-state index contributed by atoms with van der Waals surface area (Å²) in [5.41, 5.74) is 0.997. The maximum absolute atomic E-state index is 12.0. The molecule has 2 heterocycles. The molecule has 1 fully saturated rings. The number of rotatable bonds is 7. The zero-order valence-electron chi connectivity index (χ0n) is 19.1. The van der Waals surface area contributed by atoms with E-state index in [1.165, 1.54) is 20.8 Å². The molecule has 0 radical (unpaired) electrons. The van der Waals surface area contributed by atoms with E-state index in [-0.39, 0.29) is 22.7 Å². The lowest BCUT2D eigenvalue weighted by Gasteiger charge is -2.25. The van der Waals surface area contributed by atoms with Gasteiger partial charge in [0.15, 0.2) is 18.4 Å². The van der Waals surface area contributed by atoms with Crippen molar-refractivity contribution in [1.29, 1.82) is 0 Å². The highest BCUT2D eigenvalue weighted by atomic mass is 79.9. The van der Waals surface area contributed by atoms with Gasteiger partial charge in [0.05, 0.1) is 20.0 Å². The lowest BCUT2D eigenvalue weighted by atomic mass is 10.1. The highest BCUT2D eigenvalue weighted by Crippen LogP contribution is 2.43. The van der Waals surface area contributed by atoms with Crippen molar-refractivity contribution in [1.82, 2.24) is 9.55 Å². The number of esters is 3. The minimum atomic E-state index is -1.08. The van der Waals surface area contributed by atoms with Crippen molar-refractivity contribution >= 4 is 74.0 Å². The standard InChI is InChI=1S/C21H24BrCl2N3O7/c1-8(2)25-21-26-17-13(6-12(23)16(24)15(17)22)27(21)20-19(33-11(5)30)18(32-10(4)29)14(34-20)7-31-9(3)28/h6,8,14,18-20H,7H2,1-5H3,(H,25,26)/t14-,18-,19-,20-/m0/s1. The Hall–Kier alpha value is -2.08. The lowest BCUT2D eigenvalue weighted by Crippen LogP contribution is -2.40. The first-order valence-corrected chi connectivity index (χ1v) is 11.9. The molecule has 1 N–H and O–H groups in total. The average molecular weight is 581 g/mol. The highest BCUT2D eigenvalue weighted by molar-refractivity contribution is 9.10. The summed E-state index contributed by atoms with van der Waals surface area (Å²) in [7, 11) is 0. The molecule has 10 nitrogen and oxygen atoms in total. The predicted molar refractivity (Wildman–Crippen MR) is 128 cm³/mol. The molecule has 1 aromatic heterocycles. The number of benzene rings is 1. The van der Waals surface area contributed by atoms with Crippen molar-refractivity contribution in [2.45, 2.75) is 65.2 Å². The number of nitrogens with zero attached hydrogens (tertiary/aromatic N) is 2. The van der Waals surface area contributed by atoms with Gasteiger partial charge in [-0.25, -0.2) is 4.98 Å². The molecule has 0 spiro atoms. The molecular weight excluding hydrogens is 557 g/mol. The van der Waals surface area contributed by atoms with Crippen molar-refractivity contribution in [3.8, 4) is 0 Å². The molecule has 0 bridgehead atoms. The summed E-state index contributed by atoms with van der Waals surface area (Å²) in [5, 5.41) is 3.77. The monoisotopic (exact) mass is 579 g/mol. The van der Waals surface area contributed by atoms with Gasteiger partial charge in [-0.1, -0.05) is 23.2 Å². The molecule has 0 unspecified atom stereocenters. The van der Waals surface area contributed by atoms with Crippen molar-refractivity contribution < 1.29 is 33.3 Å². The number of hydrogen-bond acceptors (Lipinski definition) is 9. The summed E-state index contributed by atoms with van der Waals surface area (Å²) in [6.07, 6.45) is -4.07. The number of aromatic nitrogens is 2. The van der Waals surface area contributed by atoms with Crippen molar-refractivity contribution in [2.75, 3.05) is 11.9 Å². The molecule has 0 aliphatic carbocycles. The SMILES string of the molecule is CC(=O)OC[C@@H]1O[C@H](n2c(NC(C)C)nc3c(Br)c(Cl)c(Cl)cc32)[C@@H](OC(C)=O)[C@H]1OC(C)=O. The largest absolute Gasteiger partial charge is 0.463 e. The van der Waals surface area contributed by atoms with Crippen LogP contribution in [0.4, 0.5) is 5.95 Å². The fraction of sp³-hybridized carbons (Fsp3) is 0.524. The number of nitrogens with one attached hydrogen (secondary N) is 1. The van der Waals surface area contributed by atoms with Crippen LogP contribution in [-0.4, -0.2) is 58.4 Å². The van der Waals surface area contributed by atoms with E-state index in [0.717, 1.165) is 0 Å². The third kappa shape index (κ3) is 5.59. The first kappa shape index (κ1) is 26.5. The van der Waals surface area contributed by atoms with Gasteiger partial charge in [-0.2, -0.15) is 0 Å². The molecule has 3 rings (SSSR count). The van der Waals surface area contributed by atoms with Gasteiger partial charge >= 0.3 is 17.9 Å². The number of ether oxygens (including phenoxy) is 4. The van der Waals surface area contributed by atoms with E-state index in [2.05, 4.69) is 26.2 Å². The molecule has 0 amide bonds. The smallest absolute Gasteiger partial charge is 0.303 e. The summed E-state index contributed by atoms with van der Waals surface area (Å²) >= 11 is 16.1. The first-order valence-electron chi connectivity index (χ1n) is 10.4. The van der Waals surface area contributed by atoms with E-state index >= 15 is 0 Å². The Morgan fingerprint density at radius 1 is 1.15 bits per heavy atom. The van der Waals surface area contributed by atoms with Crippen LogP contribution in [0.2, 0.25) is 10.0 Å². The fourth-order valence-electron chi connectivity index (χ4n) is 3.66. The molecule has 1 aliphatic rings. The van der Waals surface area contributed by atoms with Gasteiger partial charge in [-0.05, 0) is 35.8 Å². The Bertz CT molecular complexity index is 1120. The normalized spacial score (nSPS) is 22.1. The molecule has 4 atom stereocenters. The Balaban J connectivity index is 2.20. The van der Waals surface area contributed by atoms with Crippen molar-refractivity contribution in [3.05, 3.63) is 20.6 Å². The molecule has 1 aliphatic heterocycles. The van der Waals surface area contributed by atoms with Crippen LogP contribution in [0.15, 0.2) is 10.5 Å². The van der Waals surface area contributed by atoms with Crippen LogP contribution in [0.5, 0.6) is 0 Å². The van der Waals surface area contributed by atoms with Gasteiger partial charge in [-0.3, -0.25) is 19.0 Å². The molecule has 2 aromatic rings. The summed E-state index contributed by atoms with van der Waals surface area (Å²) in [5.74, 6) is -1.40. The third-order valence-electron chi connectivity index (χ3n) is 4.83. The van der Waals surface area contributed by atoms with Gasteiger partial charge in [0.1, 0.15) is 18.2 Å². The predicted octanol–water partition coefficient (Wildman–Crippen LogP) is 4.25. The second kappa shape index (κ2) is 10.7.